The lowest BCUT2D eigenvalue weighted by Gasteiger charge is -2.11. The van der Waals surface area contributed by atoms with Gasteiger partial charge >= 0.3 is 6.18 Å². The molecule has 0 spiro atoms. The van der Waals surface area contributed by atoms with Crippen LogP contribution < -0.4 is 10.9 Å². The van der Waals surface area contributed by atoms with Crippen molar-refractivity contribution in [1.29, 1.82) is 0 Å². The molecule has 0 radical (unpaired) electrons. The summed E-state index contributed by atoms with van der Waals surface area (Å²) in [5.74, 6) is -0.576. The minimum Gasteiger partial charge on any atom is -0.464 e. The van der Waals surface area contributed by atoms with Crippen molar-refractivity contribution in [3.8, 4) is 11.3 Å². The molecule has 3 aromatic heterocycles. The fourth-order valence-electron chi connectivity index (χ4n) is 2.40. The third kappa shape index (κ3) is 4.47. The van der Waals surface area contributed by atoms with E-state index in [0.717, 1.165) is 11.8 Å². The van der Waals surface area contributed by atoms with Gasteiger partial charge in [-0.15, -0.1) is 17.9 Å². The van der Waals surface area contributed by atoms with Crippen molar-refractivity contribution in [2.45, 2.75) is 17.9 Å². The van der Waals surface area contributed by atoms with Gasteiger partial charge in [-0.1, -0.05) is 17.8 Å². The van der Waals surface area contributed by atoms with E-state index in [1.54, 1.807) is 22.8 Å². The molecular formula is C17H14F3N3O3S2. The molecule has 11 heteroatoms. The summed E-state index contributed by atoms with van der Waals surface area (Å²) in [4.78, 5) is 29.5. The summed E-state index contributed by atoms with van der Waals surface area (Å²) in [6, 6.07) is 3.44. The topological polar surface area (TPSA) is 77.1 Å². The number of carbonyl (C=O) groups is 1. The fraction of sp³-hybridized carbons (Fsp3) is 0.235. The standard InChI is InChI=1S/C17H14F3N3O3S2/c1-2-5-23-15(25)13-10(11-4-3-6-26-11)7-27-14(13)22-16(23)28-8-12(24)21-9-17(18,19)20/h2-4,6-7H,1,5,8-9H2,(H,21,24). The summed E-state index contributed by atoms with van der Waals surface area (Å²) in [6.45, 7) is 2.35. The van der Waals surface area contributed by atoms with Crippen molar-refractivity contribution in [2.75, 3.05) is 12.3 Å². The summed E-state index contributed by atoms with van der Waals surface area (Å²) < 4.78 is 43.3. The molecule has 3 aromatic rings. The van der Waals surface area contributed by atoms with E-state index in [9.17, 15) is 22.8 Å². The molecule has 0 fully saturated rings. The Morgan fingerprint density at radius 2 is 2.25 bits per heavy atom. The number of thiophene rings is 1. The van der Waals surface area contributed by atoms with E-state index >= 15 is 0 Å². The van der Waals surface area contributed by atoms with Crippen LogP contribution in [0.15, 0.2) is 50.8 Å². The molecule has 0 saturated heterocycles. The Morgan fingerprint density at radius 3 is 2.89 bits per heavy atom. The molecule has 0 aliphatic heterocycles. The van der Waals surface area contributed by atoms with E-state index in [-0.39, 0.29) is 23.0 Å². The number of aromatic nitrogens is 2. The van der Waals surface area contributed by atoms with Gasteiger partial charge in [-0.05, 0) is 12.1 Å². The van der Waals surface area contributed by atoms with Gasteiger partial charge in [0.05, 0.1) is 17.4 Å². The summed E-state index contributed by atoms with van der Waals surface area (Å²) in [5.41, 5.74) is 0.274. The molecule has 3 heterocycles. The Kier molecular flexibility index (Phi) is 5.94. The number of amides is 1. The first-order chi connectivity index (χ1) is 13.3. The fourth-order valence-corrected chi connectivity index (χ4v) is 4.21. The van der Waals surface area contributed by atoms with Crippen LogP contribution in [0.3, 0.4) is 0 Å². The number of allylic oxidation sites excluding steroid dienone is 1. The highest BCUT2D eigenvalue weighted by Crippen LogP contribution is 2.32. The number of thioether (sulfide) groups is 1. The quantitative estimate of drug-likeness (QED) is 0.352. The zero-order chi connectivity index (χ0) is 20.3. The highest BCUT2D eigenvalue weighted by molar-refractivity contribution is 7.99. The number of carbonyl (C=O) groups excluding carboxylic acids is 1. The molecule has 0 aromatic carbocycles. The van der Waals surface area contributed by atoms with E-state index in [1.165, 1.54) is 28.2 Å². The highest BCUT2D eigenvalue weighted by atomic mass is 32.2. The maximum atomic E-state index is 13.0. The van der Waals surface area contributed by atoms with E-state index in [2.05, 4.69) is 11.6 Å². The Balaban J connectivity index is 1.90. The average Bonchev–Trinajstić information content (AvgIpc) is 3.29. The molecule has 1 N–H and O–H groups in total. The number of halogens is 3. The van der Waals surface area contributed by atoms with Gasteiger partial charge in [-0.2, -0.15) is 13.2 Å². The van der Waals surface area contributed by atoms with Crippen molar-refractivity contribution in [3.63, 3.8) is 0 Å². The summed E-state index contributed by atoms with van der Waals surface area (Å²) >= 11 is 2.13. The Morgan fingerprint density at radius 1 is 1.46 bits per heavy atom. The van der Waals surface area contributed by atoms with Gasteiger partial charge in [0.15, 0.2) is 5.16 Å². The molecule has 0 atom stereocenters. The van der Waals surface area contributed by atoms with Crippen LogP contribution in [0.5, 0.6) is 0 Å². The van der Waals surface area contributed by atoms with Crippen LogP contribution >= 0.6 is 23.1 Å². The lowest BCUT2D eigenvalue weighted by molar-refractivity contribution is -0.136. The predicted molar refractivity (Wildman–Crippen MR) is 102 cm³/mol. The van der Waals surface area contributed by atoms with Crippen molar-refractivity contribution in [3.05, 3.63) is 46.8 Å². The van der Waals surface area contributed by atoms with Crippen LogP contribution in [0.25, 0.3) is 21.5 Å². The SMILES string of the molecule is C=CCn1c(SCC(=O)NCC(F)(F)F)nc2scc(-c3ccco3)c2c1=O. The van der Waals surface area contributed by atoms with Gasteiger partial charge in [-0.3, -0.25) is 14.2 Å². The predicted octanol–water partition coefficient (Wildman–Crippen LogP) is 3.67. The molecule has 148 valence electrons. The van der Waals surface area contributed by atoms with Crippen LogP contribution in [0, 0.1) is 0 Å². The minimum absolute atomic E-state index is 0.141. The zero-order valence-corrected chi connectivity index (χ0v) is 15.9. The van der Waals surface area contributed by atoms with Gasteiger partial charge < -0.3 is 9.73 Å². The van der Waals surface area contributed by atoms with E-state index in [1.807, 2.05) is 0 Å². The van der Waals surface area contributed by atoms with Crippen molar-refractivity contribution in [2.24, 2.45) is 0 Å². The number of nitrogens with zero attached hydrogens (tertiary/aromatic N) is 2. The van der Waals surface area contributed by atoms with Crippen LogP contribution in [0.1, 0.15) is 0 Å². The van der Waals surface area contributed by atoms with E-state index < -0.39 is 18.6 Å². The lowest BCUT2D eigenvalue weighted by atomic mass is 10.2. The summed E-state index contributed by atoms with van der Waals surface area (Å²) in [7, 11) is 0. The molecule has 0 bridgehead atoms. The number of alkyl halides is 3. The zero-order valence-electron chi connectivity index (χ0n) is 14.3. The number of hydrogen-bond donors (Lipinski definition) is 1. The van der Waals surface area contributed by atoms with Crippen molar-refractivity contribution >= 4 is 39.2 Å². The maximum absolute atomic E-state index is 13.0. The van der Waals surface area contributed by atoms with Gasteiger partial charge in [0.2, 0.25) is 5.91 Å². The van der Waals surface area contributed by atoms with Gasteiger partial charge in [0, 0.05) is 17.5 Å². The Labute approximate surface area is 165 Å². The number of fused-ring (bicyclic) bond motifs is 1. The first kappa shape index (κ1) is 20.2. The minimum atomic E-state index is -4.48. The number of hydrogen-bond acceptors (Lipinski definition) is 6. The number of rotatable bonds is 7. The molecule has 0 aliphatic carbocycles. The molecule has 0 saturated carbocycles. The van der Waals surface area contributed by atoms with Gasteiger partial charge in [-0.25, -0.2) is 4.98 Å². The molecule has 3 rings (SSSR count). The summed E-state index contributed by atoms with van der Waals surface area (Å²) in [6.07, 6.45) is -1.48. The van der Waals surface area contributed by atoms with Crippen LogP contribution in [0.4, 0.5) is 13.2 Å². The van der Waals surface area contributed by atoms with Crippen molar-refractivity contribution in [1.82, 2.24) is 14.9 Å². The smallest absolute Gasteiger partial charge is 0.405 e. The van der Waals surface area contributed by atoms with Crippen LogP contribution in [-0.4, -0.2) is 33.9 Å². The first-order valence-corrected chi connectivity index (χ1v) is 9.79. The average molecular weight is 429 g/mol. The van der Waals surface area contributed by atoms with E-state index in [4.69, 9.17) is 4.42 Å². The third-order valence-electron chi connectivity index (χ3n) is 3.58. The second kappa shape index (κ2) is 8.23. The first-order valence-electron chi connectivity index (χ1n) is 7.93. The van der Waals surface area contributed by atoms with Gasteiger partial charge in [0.25, 0.3) is 5.56 Å². The third-order valence-corrected chi connectivity index (χ3v) is 5.42. The van der Waals surface area contributed by atoms with E-state index in [0.29, 0.717) is 21.5 Å². The largest absolute Gasteiger partial charge is 0.464 e. The van der Waals surface area contributed by atoms with Crippen molar-refractivity contribution < 1.29 is 22.4 Å². The number of nitrogens with one attached hydrogen (secondary N) is 1. The molecule has 0 aliphatic rings. The molecule has 0 unspecified atom stereocenters. The van der Waals surface area contributed by atoms with Gasteiger partial charge in [0.1, 0.15) is 17.1 Å². The van der Waals surface area contributed by atoms with Crippen LogP contribution in [0.2, 0.25) is 0 Å². The second-order valence-corrected chi connectivity index (χ2v) is 7.39. The normalized spacial score (nSPS) is 11.7. The second-order valence-electron chi connectivity index (χ2n) is 5.59. The Bertz CT molecular complexity index is 1060. The lowest BCUT2D eigenvalue weighted by Crippen LogP contribution is -2.35. The molecular weight excluding hydrogens is 415 g/mol. The maximum Gasteiger partial charge on any atom is 0.405 e. The van der Waals surface area contributed by atoms with Crippen LogP contribution in [-0.2, 0) is 11.3 Å². The molecule has 28 heavy (non-hydrogen) atoms. The molecule has 1 amide bonds. The molecule has 6 nitrogen and oxygen atoms in total. The Hall–Kier alpha value is -2.53. The number of furan rings is 1. The summed E-state index contributed by atoms with van der Waals surface area (Å²) in [5, 5.41) is 4.15. The highest BCUT2D eigenvalue weighted by Gasteiger charge is 2.27. The monoisotopic (exact) mass is 429 g/mol.